The molecule has 1 amide bonds. The summed E-state index contributed by atoms with van der Waals surface area (Å²) in [7, 11) is 0. The predicted octanol–water partition coefficient (Wildman–Crippen LogP) is 3.36. The van der Waals surface area contributed by atoms with E-state index in [1.165, 1.54) is 0 Å². The molecule has 1 unspecified atom stereocenters. The normalized spacial score (nSPS) is 14.1. The molecule has 2 N–H and O–H groups in total. The number of hydrogen-bond acceptors (Lipinski definition) is 5. The van der Waals surface area contributed by atoms with E-state index in [1.807, 2.05) is 27.7 Å². The number of rotatable bonds is 9. The largest absolute Gasteiger partial charge is 0.479 e. The molecule has 7 nitrogen and oxygen atoms in total. The molecule has 0 heterocycles. The molecule has 0 bridgehead atoms. The second-order valence-corrected chi connectivity index (χ2v) is 8.12. The molecule has 0 aliphatic rings. The number of carbonyl (C=O) groups is 3. The second-order valence-electron chi connectivity index (χ2n) is 8.12. The van der Waals surface area contributed by atoms with Crippen molar-refractivity contribution in [1.82, 2.24) is 5.32 Å². The molecule has 25 heavy (non-hydrogen) atoms. The van der Waals surface area contributed by atoms with Crippen LogP contribution in [0.1, 0.15) is 67.7 Å². The molecule has 0 saturated heterocycles. The van der Waals surface area contributed by atoms with Gasteiger partial charge in [-0.2, -0.15) is 0 Å². The summed E-state index contributed by atoms with van der Waals surface area (Å²) in [5, 5.41) is 11.8. The second kappa shape index (κ2) is 10.3. The average Bonchev–Trinajstić information content (AvgIpc) is 2.33. The first-order valence-electron chi connectivity index (χ1n) is 8.72. The van der Waals surface area contributed by atoms with E-state index >= 15 is 0 Å². The Kier molecular flexibility index (Phi) is 9.52. The summed E-state index contributed by atoms with van der Waals surface area (Å²) in [6.45, 7) is 12.9. The number of alkyl carbamates (subject to hydrolysis) is 1. The van der Waals surface area contributed by atoms with Crippen LogP contribution < -0.4 is 5.32 Å². The van der Waals surface area contributed by atoms with Crippen molar-refractivity contribution in [2.24, 2.45) is 11.8 Å². The van der Waals surface area contributed by atoms with E-state index < -0.39 is 35.8 Å². The number of amides is 1. The van der Waals surface area contributed by atoms with E-state index in [2.05, 4.69) is 5.32 Å². The van der Waals surface area contributed by atoms with Gasteiger partial charge in [0.1, 0.15) is 5.60 Å². The van der Waals surface area contributed by atoms with Gasteiger partial charge in [0.05, 0.1) is 6.42 Å². The van der Waals surface area contributed by atoms with Gasteiger partial charge in [-0.1, -0.05) is 27.7 Å². The molecule has 0 aromatic rings. The van der Waals surface area contributed by atoms with E-state index in [4.69, 9.17) is 14.6 Å². The molecule has 0 aliphatic heterocycles. The fraction of sp³-hybridized carbons (Fsp3) is 0.833. The smallest absolute Gasteiger partial charge is 0.407 e. The third kappa shape index (κ3) is 12.3. The zero-order valence-corrected chi connectivity index (χ0v) is 16.4. The lowest BCUT2D eigenvalue weighted by Crippen LogP contribution is -2.41. The number of aliphatic carboxylic acids is 1. The molecule has 0 aromatic carbocycles. The van der Waals surface area contributed by atoms with Crippen LogP contribution in [0.2, 0.25) is 0 Å². The lowest BCUT2D eigenvalue weighted by molar-refractivity contribution is -0.165. The lowest BCUT2D eigenvalue weighted by Gasteiger charge is -2.24. The Morgan fingerprint density at radius 3 is 1.92 bits per heavy atom. The number of ether oxygens (including phenoxy) is 2. The van der Waals surface area contributed by atoms with Crippen molar-refractivity contribution in [3.8, 4) is 0 Å². The van der Waals surface area contributed by atoms with Crippen LogP contribution >= 0.6 is 0 Å². The Hall–Kier alpha value is -1.79. The topological polar surface area (TPSA) is 102 Å². The number of carbonyl (C=O) groups excluding carboxylic acids is 2. The number of hydrogen-bond donors (Lipinski definition) is 2. The van der Waals surface area contributed by atoms with Crippen molar-refractivity contribution < 1.29 is 29.0 Å². The van der Waals surface area contributed by atoms with Crippen molar-refractivity contribution in [1.29, 1.82) is 0 Å². The number of carboxylic acids is 1. The monoisotopic (exact) mass is 359 g/mol. The van der Waals surface area contributed by atoms with Crippen LogP contribution in [0, 0.1) is 11.8 Å². The zero-order valence-electron chi connectivity index (χ0n) is 16.4. The number of carboxylic acid groups (broad SMARTS) is 1. The Balaban J connectivity index is 4.80. The van der Waals surface area contributed by atoms with Crippen LogP contribution in [0.3, 0.4) is 0 Å². The summed E-state index contributed by atoms with van der Waals surface area (Å²) in [6.07, 6.45) is -1.08. The maximum atomic E-state index is 12.1. The van der Waals surface area contributed by atoms with Crippen molar-refractivity contribution in [2.45, 2.75) is 85.5 Å². The minimum absolute atomic E-state index is 0.0836. The van der Waals surface area contributed by atoms with Crippen LogP contribution in [0.5, 0.6) is 0 Å². The quantitative estimate of drug-likeness (QED) is 0.612. The highest BCUT2D eigenvalue weighted by Gasteiger charge is 2.27. The molecule has 0 aromatic heterocycles. The Morgan fingerprint density at radius 2 is 1.52 bits per heavy atom. The first-order chi connectivity index (χ1) is 11.3. The van der Waals surface area contributed by atoms with Crippen molar-refractivity contribution >= 4 is 18.0 Å². The predicted molar refractivity (Wildman–Crippen MR) is 94.2 cm³/mol. The molecule has 0 saturated carbocycles. The van der Waals surface area contributed by atoms with E-state index in [-0.39, 0.29) is 24.7 Å². The highest BCUT2D eigenvalue weighted by molar-refractivity contribution is 5.78. The summed E-state index contributed by atoms with van der Waals surface area (Å²) < 4.78 is 10.3. The maximum absolute atomic E-state index is 12.1. The number of nitrogens with one attached hydrogen (secondary N) is 1. The molecule has 146 valence electrons. The van der Waals surface area contributed by atoms with Gasteiger partial charge in [-0.15, -0.1) is 0 Å². The van der Waals surface area contributed by atoms with Crippen molar-refractivity contribution in [2.75, 3.05) is 0 Å². The molecule has 0 fully saturated rings. The van der Waals surface area contributed by atoms with Crippen molar-refractivity contribution in [3.05, 3.63) is 0 Å². The van der Waals surface area contributed by atoms with E-state index in [0.717, 1.165) is 0 Å². The third-order valence-electron chi connectivity index (χ3n) is 3.12. The molecule has 0 aliphatic carbocycles. The van der Waals surface area contributed by atoms with Gasteiger partial charge in [-0.3, -0.25) is 4.79 Å². The van der Waals surface area contributed by atoms with E-state index in [9.17, 15) is 14.4 Å². The molecule has 0 radical (unpaired) electrons. The van der Waals surface area contributed by atoms with E-state index in [0.29, 0.717) is 6.42 Å². The van der Waals surface area contributed by atoms with Gasteiger partial charge in [0.25, 0.3) is 0 Å². The first kappa shape index (κ1) is 23.2. The van der Waals surface area contributed by atoms with E-state index in [1.54, 1.807) is 20.8 Å². The molecule has 0 spiro atoms. The number of esters is 1. The van der Waals surface area contributed by atoms with Crippen LogP contribution in [-0.4, -0.2) is 40.9 Å². The summed E-state index contributed by atoms with van der Waals surface area (Å²) in [5.41, 5.74) is -0.640. The average molecular weight is 359 g/mol. The summed E-state index contributed by atoms with van der Waals surface area (Å²) in [5.74, 6) is -1.49. The Bertz CT molecular complexity index is 453. The fourth-order valence-electron chi connectivity index (χ4n) is 2.27. The van der Waals surface area contributed by atoms with Crippen LogP contribution in [0.25, 0.3) is 0 Å². The molecule has 0 rings (SSSR count). The molecule has 2 atom stereocenters. The minimum Gasteiger partial charge on any atom is -0.479 e. The summed E-state index contributed by atoms with van der Waals surface area (Å²) in [4.78, 5) is 35.3. The summed E-state index contributed by atoms with van der Waals surface area (Å²) in [6, 6.07) is -0.476. The molecular weight excluding hydrogens is 326 g/mol. The van der Waals surface area contributed by atoms with Crippen LogP contribution in [0.15, 0.2) is 0 Å². The van der Waals surface area contributed by atoms with Gasteiger partial charge in [-0.05, 0) is 45.4 Å². The van der Waals surface area contributed by atoms with Crippen molar-refractivity contribution in [3.63, 3.8) is 0 Å². The van der Waals surface area contributed by atoms with Gasteiger partial charge >= 0.3 is 18.0 Å². The highest BCUT2D eigenvalue weighted by Crippen LogP contribution is 2.14. The van der Waals surface area contributed by atoms with Crippen LogP contribution in [0.4, 0.5) is 4.79 Å². The van der Waals surface area contributed by atoms with Gasteiger partial charge in [0.15, 0.2) is 6.10 Å². The fourth-order valence-corrected chi connectivity index (χ4v) is 2.27. The lowest BCUT2D eigenvalue weighted by atomic mass is 10.0. The molecule has 7 heteroatoms. The SMILES string of the molecule is CC(C)CC(CC(=O)O[C@@H](CC(C)C)C(=O)O)NC(=O)OC(C)(C)C. The van der Waals surface area contributed by atoms with Crippen LogP contribution in [-0.2, 0) is 19.1 Å². The van der Waals surface area contributed by atoms with Gasteiger partial charge in [0, 0.05) is 6.04 Å². The third-order valence-corrected chi connectivity index (χ3v) is 3.12. The molecular formula is C18H33NO6. The first-order valence-corrected chi connectivity index (χ1v) is 8.72. The van der Waals surface area contributed by atoms with Gasteiger partial charge in [-0.25, -0.2) is 9.59 Å². The van der Waals surface area contributed by atoms with Gasteiger partial charge in [0.2, 0.25) is 0 Å². The maximum Gasteiger partial charge on any atom is 0.407 e. The Labute approximate surface area is 150 Å². The standard InChI is InChI=1S/C18H33NO6/c1-11(2)8-13(19-17(23)25-18(5,6)7)10-15(20)24-14(16(21)22)9-12(3)4/h11-14H,8-10H2,1-7H3,(H,19,23)(H,21,22)/t13?,14-/m0/s1. The van der Waals surface area contributed by atoms with Gasteiger partial charge < -0.3 is 19.9 Å². The Morgan fingerprint density at radius 1 is 1.00 bits per heavy atom. The minimum atomic E-state index is -1.17. The summed E-state index contributed by atoms with van der Waals surface area (Å²) >= 11 is 0. The highest BCUT2D eigenvalue weighted by atomic mass is 16.6. The zero-order chi connectivity index (χ0) is 19.8.